The quantitative estimate of drug-likeness (QED) is 0.801. The zero-order valence-corrected chi connectivity index (χ0v) is 12.0. The molecule has 3 rings (SSSR count). The van der Waals surface area contributed by atoms with Gasteiger partial charge in [-0.1, -0.05) is 0 Å². The van der Waals surface area contributed by atoms with Gasteiger partial charge in [0.2, 0.25) is 5.09 Å². The highest BCUT2D eigenvalue weighted by Gasteiger charge is 2.43. The molecule has 106 valence electrons. The second-order valence-electron chi connectivity index (χ2n) is 4.88. The number of hydrogen-bond acceptors (Lipinski definition) is 4. The first kappa shape index (κ1) is 13.4. The molecule has 1 aliphatic carbocycles. The lowest BCUT2D eigenvalue weighted by molar-refractivity contribution is -0.0245. The first-order valence-electron chi connectivity index (χ1n) is 6.41. The average molecular weight is 306 g/mol. The van der Waals surface area contributed by atoms with Crippen LogP contribution in [0, 0.1) is 0 Å². The zero-order chi connectivity index (χ0) is 13.5. The molecule has 2 atom stereocenters. The van der Waals surface area contributed by atoms with E-state index in [4.69, 9.17) is 20.8 Å². The molecule has 1 saturated carbocycles. The lowest BCUT2D eigenvalue weighted by atomic mass is 10.2. The van der Waals surface area contributed by atoms with E-state index in [0.717, 1.165) is 19.3 Å². The Morgan fingerprint density at radius 2 is 2.21 bits per heavy atom. The van der Waals surface area contributed by atoms with Crippen LogP contribution in [0.25, 0.3) is 0 Å². The molecule has 0 amide bonds. The number of sulfonamides is 1. The van der Waals surface area contributed by atoms with Gasteiger partial charge in [0.15, 0.2) is 0 Å². The van der Waals surface area contributed by atoms with Crippen LogP contribution < -0.4 is 0 Å². The molecule has 0 spiro atoms. The van der Waals surface area contributed by atoms with Crippen molar-refractivity contribution in [1.82, 2.24) is 4.31 Å². The van der Waals surface area contributed by atoms with Crippen LogP contribution >= 0.6 is 11.6 Å². The Morgan fingerprint density at radius 3 is 2.95 bits per heavy atom. The van der Waals surface area contributed by atoms with Crippen molar-refractivity contribution in [2.45, 2.75) is 42.4 Å². The first-order valence-corrected chi connectivity index (χ1v) is 8.38. The summed E-state index contributed by atoms with van der Waals surface area (Å²) in [5.74, 6) is 0.640. The average Bonchev–Trinajstić information content (AvgIpc) is 3.06. The molecule has 19 heavy (non-hydrogen) atoms. The molecule has 2 heterocycles. The van der Waals surface area contributed by atoms with Crippen molar-refractivity contribution in [3.63, 3.8) is 0 Å². The maximum Gasteiger partial charge on any atom is 0.276 e. The maximum absolute atomic E-state index is 12.6. The summed E-state index contributed by atoms with van der Waals surface area (Å²) in [6.45, 7) is 0.837. The van der Waals surface area contributed by atoms with Gasteiger partial charge < -0.3 is 9.15 Å². The van der Waals surface area contributed by atoms with Gasteiger partial charge in [0.1, 0.15) is 5.76 Å². The summed E-state index contributed by atoms with van der Waals surface area (Å²) in [5.41, 5.74) is 0. The summed E-state index contributed by atoms with van der Waals surface area (Å²) in [4.78, 5) is 0. The van der Waals surface area contributed by atoms with E-state index in [1.165, 1.54) is 10.4 Å². The van der Waals surface area contributed by atoms with Gasteiger partial charge >= 0.3 is 0 Å². The number of rotatable bonds is 3. The minimum Gasteiger partial charge on any atom is -0.447 e. The van der Waals surface area contributed by atoms with Crippen molar-refractivity contribution < 1.29 is 17.6 Å². The second-order valence-corrected chi connectivity index (χ2v) is 6.97. The molecule has 2 unspecified atom stereocenters. The third kappa shape index (κ3) is 2.31. The summed E-state index contributed by atoms with van der Waals surface area (Å²) in [5, 5.41) is -0.0179. The monoisotopic (exact) mass is 305 g/mol. The summed E-state index contributed by atoms with van der Waals surface area (Å²) in [6, 6.07) is 3.03. The van der Waals surface area contributed by atoms with E-state index < -0.39 is 10.0 Å². The molecule has 0 N–H and O–H groups in total. The van der Waals surface area contributed by atoms with Crippen molar-refractivity contribution in [2.24, 2.45) is 0 Å². The number of furan rings is 1. The summed E-state index contributed by atoms with van der Waals surface area (Å²) in [6.07, 6.45) is 2.83. The number of nitrogens with zero attached hydrogens (tertiary/aromatic N) is 1. The van der Waals surface area contributed by atoms with E-state index in [1.807, 2.05) is 0 Å². The number of alkyl halides is 1. The Balaban J connectivity index is 1.90. The van der Waals surface area contributed by atoms with Crippen LogP contribution in [0.3, 0.4) is 0 Å². The molecule has 0 radical (unpaired) electrons. The molecule has 1 aromatic rings. The summed E-state index contributed by atoms with van der Waals surface area (Å²) < 4.78 is 37.6. The van der Waals surface area contributed by atoms with Crippen LogP contribution in [0.15, 0.2) is 21.6 Å². The van der Waals surface area contributed by atoms with Crippen molar-refractivity contribution in [3.8, 4) is 0 Å². The van der Waals surface area contributed by atoms with Gasteiger partial charge in [-0.2, -0.15) is 4.31 Å². The molecule has 0 aromatic carbocycles. The number of hydrogen-bond donors (Lipinski definition) is 0. The van der Waals surface area contributed by atoms with E-state index in [9.17, 15) is 8.42 Å². The van der Waals surface area contributed by atoms with Crippen molar-refractivity contribution in [3.05, 3.63) is 17.9 Å². The Hall–Kier alpha value is -0.560. The van der Waals surface area contributed by atoms with Gasteiger partial charge in [0.05, 0.1) is 24.6 Å². The maximum atomic E-state index is 12.6. The van der Waals surface area contributed by atoms with Crippen LogP contribution in [-0.2, 0) is 20.6 Å². The highest BCUT2D eigenvalue weighted by Crippen LogP contribution is 2.33. The number of morpholine rings is 1. The molecular weight excluding hydrogens is 290 g/mol. The Morgan fingerprint density at radius 1 is 1.37 bits per heavy atom. The summed E-state index contributed by atoms with van der Waals surface area (Å²) >= 11 is 5.64. The number of ether oxygens (including phenoxy) is 1. The Bertz CT molecular complexity index is 556. The predicted molar refractivity (Wildman–Crippen MR) is 69.5 cm³/mol. The van der Waals surface area contributed by atoms with Gasteiger partial charge in [-0.15, -0.1) is 11.6 Å². The van der Waals surface area contributed by atoms with Crippen molar-refractivity contribution in [2.75, 3.05) is 13.2 Å². The van der Waals surface area contributed by atoms with Crippen molar-refractivity contribution in [1.29, 1.82) is 0 Å². The standard InChI is InChI=1S/C12H16ClNO4S/c13-8-9-4-5-12(18-9)19(15,16)14-6-7-17-11-3-1-2-10(11)14/h4-5,10-11H,1-3,6-8H2. The third-order valence-electron chi connectivity index (χ3n) is 3.76. The number of halogens is 1. The Kier molecular flexibility index (Phi) is 3.59. The van der Waals surface area contributed by atoms with Crippen LogP contribution in [0.5, 0.6) is 0 Å². The van der Waals surface area contributed by atoms with E-state index in [-0.39, 0.29) is 23.1 Å². The van der Waals surface area contributed by atoms with Crippen LogP contribution in [-0.4, -0.2) is 38.0 Å². The van der Waals surface area contributed by atoms with Crippen LogP contribution in [0.4, 0.5) is 0 Å². The van der Waals surface area contributed by atoms with E-state index in [1.54, 1.807) is 6.07 Å². The normalized spacial score (nSPS) is 28.5. The summed E-state index contributed by atoms with van der Waals surface area (Å²) in [7, 11) is -3.58. The van der Waals surface area contributed by atoms with E-state index in [0.29, 0.717) is 18.9 Å². The van der Waals surface area contributed by atoms with Gasteiger partial charge in [-0.25, -0.2) is 8.42 Å². The van der Waals surface area contributed by atoms with Crippen LogP contribution in [0.1, 0.15) is 25.0 Å². The highest BCUT2D eigenvalue weighted by atomic mass is 35.5. The third-order valence-corrected chi connectivity index (χ3v) is 5.82. The van der Waals surface area contributed by atoms with E-state index >= 15 is 0 Å². The largest absolute Gasteiger partial charge is 0.447 e. The lowest BCUT2D eigenvalue weighted by Crippen LogP contribution is -2.51. The predicted octanol–water partition coefficient (Wildman–Crippen LogP) is 1.96. The molecular formula is C12H16ClNO4S. The fourth-order valence-corrected chi connectivity index (χ4v) is 4.61. The fraction of sp³-hybridized carbons (Fsp3) is 0.667. The van der Waals surface area contributed by atoms with Gasteiger partial charge in [0, 0.05) is 6.54 Å². The zero-order valence-electron chi connectivity index (χ0n) is 10.4. The first-order chi connectivity index (χ1) is 9.13. The molecule has 1 saturated heterocycles. The minimum atomic E-state index is -3.58. The molecule has 2 aliphatic rings. The molecule has 5 nitrogen and oxygen atoms in total. The van der Waals surface area contributed by atoms with Gasteiger partial charge in [0.25, 0.3) is 10.0 Å². The van der Waals surface area contributed by atoms with Gasteiger partial charge in [-0.3, -0.25) is 0 Å². The van der Waals surface area contributed by atoms with Gasteiger partial charge in [-0.05, 0) is 31.4 Å². The molecule has 1 aliphatic heterocycles. The molecule has 1 aromatic heterocycles. The minimum absolute atomic E-state index is 0.0179. The second kappa shape index (κ2) is 5.09. The van der Waals surface area contributed by atoms with E-state index in [2.05, 4.69) is 0 Å². The molecule has 7 heteroatoms. The topological polar surface area (TPSA) is 59.8 Å². The highest BCUT2D eigenvalue weighted by molar-refractivity contribution is 7.89. The van der Waals surface area contributed by atoms with Crippen LogP contribution in [0.2, 0.25) is 0 Å². The number of fused-ring (bicyclic) bond motifs is 1. The molecule has 0 bridgehead atoms. The fourth-order valence-electron chi connectivity index (χ4n) is 2.87. The Labute approximate surface area is 117 Å². The molecule has 2 fully saturated rings. The van der Waals surface area contributed by atoms with Crippen molar-refractivity contribution >= 4 is 21.6 Å². The smallest absolute Gasteiger partial charge is 0.276 e. The lowest BCUT2D eigenvalue weighted by Gasteiger charge is -2.35. The SMILES string of the molecule is O=S(=O)(c1ccc(CCl)o1)N1CCOC2CCCC21.